The Bertz CT molecular complexity index is 686. The molecule has 0 bridgehead atoms. The van der Waals surface area contributed by atoms with Crippen molar-refractivity contribution in [1.29, 1.82) is 0 Å². The summed E-state index contributed by atoms with van der Waals surface area (Å²) >= 11 is 4.79. The Morgan fingerprint density at radius 1 is 1.36 bits per heavy atom. The number of nitrogens with one attached hydrogen (secondary N) is 2. The number of rotatable bonds is 6. The van der Waals surface area contributed by atoms with Gasteiger partial charge in [-0.05, 0) is 24.6 Å². The van der Waals surface area contributed by atoms with Gasteiger partial charge in [-0.1, -0.05) is 47.0 Å². The van der Waals surface area contributed by atoms with Crippen molar-refractivity contribution < 1.29 is 9.59 Å². The van der Waals surface area contributed by atoms with Gasteiger partial charge >= 0.3 is 0 Å². The van der Waals surface area contributed by atoms with Crippen molar-refractivity contribution in [2.24, 2.45) is 0 Å². The first kappa shape index (κ1) is 16.9. The summed E-state index contributed by atoms with van der Waals surface area (Å²) in [5, 5.41) is 6.14. The van der Waals surface area contributed by atoms with Crippen molar-refractivity contribution in [3.8, 4) is 0 Å². The minimum Gasteiger partial charge on any atom is -0.326 e. The Morgan fingerprint density at radius 2 is 2.14 bits per heavy atom. The highest BCUT2D eigenvalue weighted by molar-refractivity contribution is 9.10. The molecular weight excluding hydrogens is 366 g/mol. The lowest BCUT2D eigenvalue weighted by Gasteiger charge is -2.07. The van der Waals surface area contributed by atoms with Gasteiger partial charge in [0.25, 0.3) is 0 Å². The molecule has 0 saturated heterocycles. The van der Waals surface area contributed by atoms with Crippen LogP contribution in [0.25, 0.3) is 10.2 Å². The zero-order valence-electron chi connectivity index (χ0n) is 12.5. The van der Waals surface area contributed by atoms with Crippen molar-refractivity contribution in [2.75, 3.05) is 10.6 Å². The zero-order chi connectivity index (χ0) is 16.1. The molecular formula is C15H18BrN3O2S. The van der Waals surface area contributed by atoms with Crippen LogP contribution in [0.15, 0.2) is 18.2 Å². The zero-order valence-corrected chi connectivity index (χ0v) is 14.9. The molecule has 1 heterocycles. The number of thiazole rings is 1. The summed E-state index contributed by atoms with van der Waals surface area (Å²) in [6.07, 6.45) is 2.87. The van der Waals surface area contributed by atoms with E-state index in [4.69, 9.17) is 0 Å². The first-order valence-electron chi connectivity index (χ1n) is 7.12. The number of unbranched alkanes of at least 4 members (excludes halogenated alkanes) is 1. The number of anilines is 2. The number of alkyl halides is 1. The highest BCUT2D eigenvalue weighted by atomic mass is 79.9. The molecule has 0 radical (unpaired) electrons. The Hall–Kier alpha value is -1.47. The molecule has 2 amide bonds. The molecule has 0 saturated carbocycles. The number of carbonyl (C=O) groups excluding carboxylic acids is 2. The van der Waals surface area contributed by atoms with E-state index >= 15 is 0 Å². The van der Waals surface area contributed by atoms with Crippen molar-refractivity contribution in [3.05, 3.63) is 18.2 Å². The predicted molar refractivity (Wildman–Crippen MR) is 94.8 cm³/mol. The molecule has 5 nitrogen and oxygen atoms in total. The van der Waals surface area contributed by atoms with Gasteiger partial charge in [0.05, 0.1) is 15.0 Å². The maximum Gasteiger partial charge on any atom is 0.239 e. The summed E-state index contributed by atoms with van der Waals surface area (Å²) in [7, 11) is 0. The van der Waals surface area contributed by atoms with E-state index in [1.807, 2.05) is 12.1 Å². The number of halogens is 1. The molecule has 2 rings (SSSR count). The third-order valence-electron chi connectivity index (χ3n) is 3.03. The second kappa shape index (κ2) is 7.69. The Balaban J connectivity index is 2.09. The van der Waals surface area contributed by atoms with E-state index in [0.29, 0.717) is 5.13 Å². The monoisotopic (exact) mass is 383 g/mol. The Kier molecular flexibility index (Phi) is 5.90. The molecule has 118 valence electrons. The van der Waals surface area contributed by atoms with Crippen LogP contribution < -0.4 is 10.6 Å². The molecule has 0 spiro atoms. The van der Waals surface area contributed by atoms with Crippen LogP contribution in [-0.4, -0.2) is 21.6 Å². The van der Waals surface area contributed by atoms with Crippen LogP contribution >= 0.6 is 27.3 Å². The third kappa shape index (κ3) is 4.51. The van der Waals surface area contributed by atoms with Crippen LogP contribution in [0.4, 0.5) is 10.8 Å². The van der Waals surface area contributed by atoms with Crippen molar-refractivity contribution in [3.63, 3.8) is 0 Å². The fourth-order valence-corrected chi connectivity index (χ4v) is 3.30. The van der Waals surface area contributed by atoms with E-state index in [9.17, 15) is 9.59 Å². The highest BCUT2D eigenvalue weighted by Crippen LogP contribution is 2.29. The van der Waals surface area contributed by atoms with Gasteiger partial charge in [-0.3, -0.25) is 9.59 Å². The lowest BCUT2D eigenvalue weighted by atomic mass is 10.2. The number of carbonyl (C=O) groups is 2. The lowest BCUT2D eigenvalue weighted by Crippen LogP contribution is -2.22. The molecule has 0 fully saturated rings. The largest absolute Gasteiger partial charge is 0.326 e. The Labute approximate surface area is 141 Å². The van der Waals surface area contributed by atoms with E-state index in [-0.39, 0.29) is 16.6 Å². The molecule has 2 aromatic rings. The minimum atomic E-state index is -0.200. The molecule has 1 aromatic carbocycles. The number of nitrogens with zero attached hydrogens (tertiary/aromatic N) is 1. The SMILES string of the molecule is CCCC[C@H](Br)C(=O)Nc1nc2ccc(NC(C)=O)cc2s1. The predicted octanol–water partition coefficient (Wildman–Crippen LogP) is 4.15. The molecule has 22 heavy (non-hydrogen) atoms. The number of benzene rings is 1. The van der Waals surface area contributed by atoms with Gasteiger partial charge < -0.3 is 10.6 Å². The van der Waals surface area contributed by atoms with E-state index in [1.165, 1.54) is 18.3 Å². The van der Waals surface area contributed by atoms with Gasteiger partial charge in [-0.2, -0.15) is 0 Å². The maximum absolute atomic E-state index is 12.1. The van der Waals surface area contributed by atoms with Gasteiger partial charge in [0.15, 0.2) is 5.13 Å². The number of aromatic nitrogens is 1. The van der Waals surface area contributed by atoms with Crippen LogP contribution in [-0.2, 0) is 9.59 Å². The molecule has 0 aliphatic carbocycles. The quantitative estimate of drug-likeness (QED) is 0.735. The first-order chi connectivity index (χ1) is 10.5. The molecule has 0 aliphatic heterocycles. The van der Waals surface area contributed by atoms with Gasteiger partial charge in [-0.25, -0.2) is 4.98 Å². The third-order valence-corrected chi connectivity index (χ3v) is 4.84. The standard InChI is InChI=1S/C15H18BrN3O2S/c1-3-4-5-11(16)14(21)19-15-18-12-7-6-10(17-9(2)20)8-13(12)22-15/h6-8,11H,3-5H2,1-2H3,(H,17,20)(H,18,19,21)/t11-/m0/s1. The summed E-state index contributed by atoms with van der Waals surface area (Å²) in [6.45, 7) is 3.56. The van der Waals surface area contributed by atoms with Crippen LogP contribution in [0.2, 0.25) is 0 Å². The first-order valence-corrected chi connectivity index (χ1v) is 8.86. The van der Waals surface area contributed by atoms with Gasteiger partial charge in [0.1, 0.15) is 0 Å². The second-order valence-electron chi connectivity index (χ2n) is 4.98. The average molecular weight is 384 g/mol. The molecule has 2 N–H and O–H groups in total. The molecule has 1 aromatic heterocycles. The lowest BCUT2D eigenvalue weighted by molar-refractivity contribution is -0.116. The van der Waals surface area contributed by atoms with Gasteiger partial charge in [0, 0.05) is 12.6 Å². The summed E-state index contributed by atoms with van der Waals surface area (Å²) in [5.74, 6) is -0.190. The van der Waals surface area contributed by atoms with E-state index < -0.39 is 0 Å². The number of hydrogen-bond acceptors (Lipinski definition) is 4. The molecule has 0 aliphatic rings. The van der Waals surface area contributed by atoms with Crippen LogP contribution in [0.5, 0.6) is 0 Å². The average Bonchev–Trinajstić information content (AvgIpc) is 2.85. The Morgan fingerprint density at radius 3 is 2.82 bits per heavy atom. The second-order valence-corrected chi connectivity index (χ2v) is 7.12. The van der Waals surface area contributed by atoms with Crippen molar-refractivity contribution >= 4 is 60.1 Å². The topological polar surface area (TPSA) is 71.1 Å². The van der Waals surface area contributed by atoms with Crippen molar-refractivity contribution in [2.45, 2.75) is 37.9 Å². The van der Waals surface area contributed by atoms with Gasteiger partial charge in [-0.15, -0.1) is 0 Å². The number of hydrogen-bond donors (Lipinski definition) is 2. The summed E-state index contributed by atoms with van der Waals surface area (Å²) < 4.78 is 0.918. The smallest absolute Gasteiger partial charge is 0.239 e. The maximum atomic E-state index is 12.1. The molecule has 1 atom stereocenters. The normalized spacial score (nSPS) is 12.1. The fourth-order valence-electron chi connectivity index (χ4n) is 1.96. The summed E-state index contributed by atoms with van der Waals surface area (Å²) in [4.78, 5) is 27.3. The van der Waals surface area contributed by atoms with E-state index in [2.05, 4.69) is 38.5 Å². The minimum absolute atomic E-state index is 0.0745. The molecule has 0 unspecified atom stereocenters. The highest BCUT2D eigenvalue weighted by Gasteiger charge is 2.16. The fraction of sp³-hybridized carbons (Fsp3) is 0.400. The number of fused-ring (bicyclic) bond motifs is 1. The van der Waals surface area contributed by atoms with Crippen LogP contribution in [0.3, 0.4) is 0 Å². The molecule has 7 heteroatoms. The van der Waals surface area contributed by atoms with Gasteiger partial charge in [0.2, 0.25) is 11.8 Å². The number of amides is 2. The summed E-state index contributed by atoms with van der Waals surface area (Å²) in [5.41, 5.74) is 1.52. The van der Waals surface area contributed by atoms with Crippen LogP contribution in [0.1, 0.15) is 33.1 Å². The van der Waals surface area contributed by atoms with E-state index in [1.54, 1.807) is 6.07 Å². The van der Waals surface area contributed by atoms with Crippen molar-refractivity contribution in [1.82, 2.24) is 4.98 Å². The van der Waals surface area contributed by atoms with E-state index in [0.717, 1.165) is 35.2 Å². The van der Waals surface area contributed by atoms with Crippen LogP contribution in [0, 0.1) is 0 Å². The summed E-state index contributed by atoms with van der Waals surface area (Å²) in [6, 6.07) is 5.48.